The van der Waals surface area contributed by atoms with Gasteiger partial charge in [0.15, 0.2) is 17.5 Å². The van der Waals surface area contributed by atoms with Crippen LogP contribution >= 0.6 is 0 Å². The van der Waals surface area contributed by atoms with E-state index >= 15 is 0 Å². The lowest BCUT2D eigenvalue weighted by Gasteiger charge is -2.23. The SMILES string of the molecule is CC(C)NC(=O)N1CCCN(C(=O)c2ccc(F)c(F)c2F)CC1. The molecule has 8 heteroatoms. The van der Waals surface area contributed by atoms with Gasteiger partial charge in [0.05, 0.1) is 5.56 Å². The third-order valence-electron chi connectivity index (χ3n) is 3.75. The van der Waals surface area contributed by atoms with Crippen LogP contribution in [0.4, 0.5) is 18.0 Å². The number of halogens is 3. The second-order valence-corrected chi connectivity index (χ2v) is 5.96. The zero-order valence-corrected chi connectivity index (χ0v) is 13.6. The van der Waals surface area contributed by atoms with E-state index in [1.807, 2.05) is 13.8 Å². The van der Waals surface area contributed by atoms with Crippen molar-refractivity contribution in [3.63, 3.8) is 0 Å². The van der Waals surface area contributed by atoms with E-state index in [4.69, 9.17) is 0 Å². The summed E-state index contributed by atoms with van der Waals surface area (Å²) < 4.78 is 40.1. The monoisotopic (exact) mass is 343 g/mol. The highest BCUT2D eigenvalue weighted by Gasteiger charge is 2.26. The van der Waals surface area contributed by atoms with E-state index < -0.39 is 28.9 Å². The highest BCUT2D eigenvalue weighted by atomic mass is 19.2. The first-order valence-electron chi connectivity index (χ1n) is 7.79. The molecule has 1 aromatic carbocycles. The maximum absolute atomic E-state index is 13.8. The average molecular weight is 343 g/mol. The van der Waals surface area contributed by atoms with Crippen LogP contribution in [0.15, 0.2) is 12.1 Å². The Hall–Kier alpha value is -2.25. The Morgan fingerprint density at radius 1 is 1.00 bits per heavy atom. The van der Waals surface area contributed by atoms with Crippen LogP contribution in [-0.4, -0.2) is 54.0 Å². The molecule has 5 nitrogen and oxygen atoms in total. The summed E-state index contributed by atoms with van der Waals surface area (Å²) in [5, 5.41) is 2.77. The minimum Gasteiger partial charge on any atom is -0.337 e. The molecular weight excluding hydrogens is 323 g/mol. The fourth-order valence-electron chi connectivity index (χ4n) is 2.52. The molecule has 24 heavy (non-hydrogen) atoms. The molecule has 0 spiro atoms. The lowest BCUT2D eigenvalue weighted by atomic mass is 10.1. The van der Waals surface area contributed by atoms with Crippen molar-refractivity contribution in [2.24, 2.45) is 0 Å². The molecule has 0 radical (unpaired) electrons. The van der Waals surface area contributed by atoms with E-state index in [0.29, 0.717) is 19.5 Å². The third kappa shape index (κ3) is 3.98. The van der Waals surface area contributed by atoms with Crippen LogP contribution in [0.3, 0.4) is 0 Å². The van der Waals surface area contributed by atoms with E-state index in [1.54, 1.807) is 4.90 Å². The number of carbonyl (C=O) groups is 2. The van der Waals surface area contributed by atoms with Gasteiger partial charge in [-0.1, -0.05) is 0 Å². The molecule has 0 aromatic heterocycles. The number of hydrogen-bond donors (Lipinski definition) is 1. The maximum Gasteiger partial charge on any atom is 0.317 e. The highest BCUT2D eigenvalue weighted by Crippen LogP contribution is 2.18. The molecule has 0 unspecified atom stereocenters. The van der Waals surface area contributed by atoms with E-state index in [0.717, 1.165) is 12.1 Å². The van der Waals surface area contributed by atoms with Gasteiger partial charge in [-0.15, -0.1) is 0 Å². The Morgan fingerprint density at radius 2 is 1.62 bits per heavy atom. The zero-order chi connectivity index (χ0) is 17.9. The van der Waals surface area contributed by atoms with E-state index in [2.05, 4.69) is 5.32 Å². The van der Waals surface area contributed by atoms with Crippen molar-refractivity contribution in [3.8, 4) is 0 Å². The minimum absolute atomic E-state index is 0.00484. The number of hydrogen-bond acceptors (Lipinski definition) is 2. The summed E-state index contributed by atoms with van der Waals surface area (Å²) in [6.07, 6.45) is 0.516. The first-order chi connectivity index (χ1) is 11.3. The molecule has 3 amide bonds. The van der Waals surface area contributed by atoms with E-state index in [9.17, 15) is 22.8 Å². The third-order valence-corrected chi connectivity index (χ3v) is 3.75. The molecule has 1 aromatic rings. The summed E-state index contributed by atoms with van der Waals surface area (Å²) in [4.78, 5) is 27.3. The van der Waals surface area contributed by atoms with Crippen molar-refractivity contribution in [2.75, 3.05) is 26.2 Å². The Balaban J connectivity index is 2.07. The smallest absolute Gasteiger partial charge is 0.317 e. The van der Waals surface area contributed by atoms with Crippen molar-refractivity contribution in [1.82, 2.24) is 15.1 Å². The van der Waals surface area contributed by atoms with Gasteiger partial charge < -0.3 is 15.1 Å². The molecule has 1 heterocycles. The molecule has 1 N–H and O–H groups in total. The fraction of sp³-hybridized carbons (Fsp3) is 0.500. The van der Waals surface area contributed by atoms with Gasteiger partial charge in [0.2, 0.25) is 0 Å². The van der Waals surface area contributed by atoms with Gasteiger partial charge in [0.25, 0.3) is 5.91 Å². The number of rotatable bonds is 2. The largest absolute Gasteiger partial charge is 0.337 e. The molecule has 0 saturated carbocycles. The molecule has 1 saturated heterocycles. The van der Waals surface area contributed by atoms with Crippen LogP contribution in [0.5, 0.6) is 0 Å². The minimum atomic E-state index is -1.66. The lowest BCUT2D eigenvalue weighted by molar-refractivity contribution is 0.0756. The van der Waals surface area contributed by atoms with Crippen molar-refractivity contribution < 1.29 is 22.8 Å². The highest BCUT2D eigenvalue weighted by molar-refractivity contribution is 5.94. The number of nitrogens with one attached hydrogen (secondary N) is 1. The molecule has 2 rings (SSSR count). The number of urea groups is 1. The molecule has 1 aliphatic rings. The molecule has 1 aliphatic heterocycles. The van der Waals surface area contributed by atoms with Crippen molar-refractivity contribution in [2.45, 2.75) is 26.3 Å². The van der Waals surface area contributed by atoms with Crippen LogP contribution in [0.2, 0.25) is 0 Å². The van der Waals surface area contributed by atoms with Gasteiger partial charge in [0.1, 0.15) is 0 Å². The van der Waals surface area contributed by atoms with Gasteiger partial charge in [-0.3, -0.25) is 4.79 Å². The second kappa shape index (κ2) is 7.55. The first kappa shape index (κ1) is 18.1. The van der Waals surface area contributed by atoms with Crippen molar-refractivity contribution in [1.29, 1.82) is 0 Å². The predicted molar refractivity (Wildman–Crippen MR) is 82.1 cm³/mol. The lowest BCUT2D eigenvalue weighted by Crippen LogP contribution is -2.44. The topological polar surface area (TPSA) is 52.7 Å². The van der Waals surface area contributed by atoms with Crippen LogP contribution in [0.25, 0.3) is 0 Å². The number of benzene rings is 1. The summed E-state index contributed by atoms with van der Waals surface area (Å²) in [6.45, 7) is 4.94. The van der Waals surface area contributed by atoms with Crippen LogP contribution in [0, 0.1) is 17.5 Å². The molecule has 1 fully saturated rings. The molecule has 0 atom stereocenters. The van der Waals surface area contributed by atoms with Gasteiger partial charge in [-0.25, -0.2) is 18.0 Å². The molecule has 0 bridgehead atoms. The quantitative estimate of drug-likeness (QED) is 0.838. The van der Waals surface area contributed by atoms with Gasteiger partial charge in [-0.2, -0.15) is 0 Å². The zero-order valence-electron chi connectivity index (χ0n) is 13.6. The van der Waals surface area contributed by atoms with Gasteiger partial charge >= 0.3 is 6.03 Å². The first-order valence-corrected chi connectivity index (χ1v) is 7.79. The number of amides is 3. The molecule has 0 aliphatic carbocycles. The Kier molecular flexibility index (Phi) is 5.69. The summed E-state index contributed by atoms with van der Waals surface area (Å²) >= 11 is 0. The maximum atomic E-state index is 13.8. The molecular formula is C16H20F3N3O2. The van der Waals surface area contributed by atoms with E-state index in [-0.39, 0.29) is 25.2 Å². The predicted octanol–water partition coefficient (Wildman–Crippen LogP) is 2.37. The number of nitrogens with zero attached hydrogens (tertiary/aromatic N) is 2. The summed E-state index contributed by atoms with van der Waals surface area (Å²) in [6, 6.07) is 1.43. The molecule has 132 valence electrons. The second-order valence-electron chi connectivity index (χ2n) is 5.96. The van der Waals surface area contributed by atoms with Crippen molar-refractivity contribution >= 4 is 11.9 Å². The summed E-state index contributed by atoms with van der Waals surface area (Å²) in [7, 11) is 0. The van der Waals surface area contributed by atoms with Crippen LogP contribution in [0.1, 0.15) is 30.6 Å². The normalized spacial score (nSPS) is 15.4. The van der Waals surface area contributed by atoms with Crippen molar-refractivity contribution in [3.05, 3.63) is 35.1 Å². The van der Waals surface area contributed by atoms with Gasteiger partial charge in [0, 0.05) is 32.2 Å². The fourth-order valence-corrected chi connectivity index (χ4v) is 2.52. The Morgan fingerprint density at radius 3 is 2.29 bits per heavy atom. The summed E-state index contributed by atoms with van der Waals surface area (Å²) in [5.74, 6) is -5.19. The van der Waals surface area contributed by atoms with Crippen LogP contribution in [-0.2, 0) is 0 Å². The summed E-state index contributed by atoms with van der Waals surface area (Å²) in [5.41, 5.74) is -0.506. The van der Waals surface area contributed by atoms with E-state index in [1.165, 1.54) is 4.90 Å². The standard InChI is InChI=1S/C16H20F3N3O2/c1-10(2)20-16(24)22-7-3-6-21(8-9-22)15(23)11-4-5-12(17)14(19)13(11)18/h4-5,10H,3,6-9H2,1-2H3,(H,20,24). The Bertz CT molecular complexity index is 637. The van der Waals surface area contributed by atoms with Crippen LogP contribution < -0.4 is 5.32 Å². The average Bonchev–Trinajstić information content (AvgIpc) is 2.77. The van der Waals surface area contributed by atoms with Gasteiger partial charge in [-0.05, 0) is 32.4 Å². The Labute approximate surface area is 138 Å². The number of carbonyl (C=O) groups excluding carboxylic acids is 2.